The van der Waals surface area contributed by atoms with Crippen molar-refractivity contribution in [1.82, 2.24) is 20.5 Å². The summed E-state index contributed by atoms with van der Waals surface area (Å²) in [5, 5.41) is 6.65. The number of nitrogens with zero attached hydrogens (tertiary/aromatic N) is 2. The van der Waals surface area contributed by atoms with Crippen LogP contribution in [0, 0.1) is 12.8 Å². The first-order valence-electron chi connectivity index (χ1n) is 17.3. The lowest BCUT2D eigenvalue weighted by Gasteiger charge is -2.30. The van der Waals surface area contributed by atoms with E-state index in [-0.39, 0.29) is 24.7 Å². The first kappa shape index (κ1) is 35.4. The molecule has 0 bridgehead atoms. The van der Waals surface area contributed by atoms with Gasteiger partial charge in [0.2, 0.25) is 11.8 Å². The number of fused-ring (bicyclic) bond motifs is 3. The number of nitrogens with one attached hydrogen (secondary N) is 2. The van der Waals surface area contributed by atoms with Gasteiger partial charge in [0, 0.05) is 35.1 Å². The number of carbonyl (C=O) groups excluding carboxylic acids is 4. The Labute approximate surface area is 297 Å². The lowest BCUT2D eigenvalue weighted by atomic mass is 10.1. The van der Waals surface area contributed by atoms with E-state index in [1.54, 1.807) is 32.5 Å². The normalized spacial score (nSPS) is 26.5. The lowest BCUT2D eigenvalue weighted by molar-refractivity contribution is -0.140. The van der Waals surface area contributed by atoms with Crippen molar-refractivity contribution in [1.29, 1.82) is 0 Å². The van der Waals surface area contributed by atoms with Crippen LogP contribution in [-0.4, -0.2) is 81.0 Å². The topological polar surface area (TPSA) is 127 Å². The summed E-state index contributed by atoms with van der Waals surface area (Å²) in [7, 11) is 0. The summed E-state index contributed by atoms with van der Waals surface area (Å²) < 4.78 is 12.2. The predicted octanol–water partition coefficient (Wildman–Crippen LogP) is 6.00. The van der Waals surface area contributed by atoms with E-state index in [2.05, 4.69) is 16.7 Å². The molecule has 5 atom stereocenters. The number of rotatable bonds is 5. The summed E-state index contributed by atoms with van der Waals surface area (Å²) in [5.41, 5.74) is 1.77. The van der Waals surface area contributed by atoms with Gasteiger partial charge in [-0.1, -0.05) is 48.6 Å². The Morgan fingerprint density at radius 2 is 1.88 bits per heavy atom. The molecule has 0 spiro atoms. The number of ether oxygens (including phenoxy) is 2. The summed E-state index contributed by atoms with van der Waals surface area (Å²) in [6.45, 7) is 8.92. The van der Waals surface area contributed by atoms with Gasteiger partial charge in [0.05, 0.1) is 17.8 Å². The first-order valence-corrected chi connectivity index (χ1v) is 18.5. The molecule has 2 aliphatic heterocycles. The molecule has 3 aliphatic rings. The molecule has 3 aromatic rings. The highest BCUT2D eigenvalue weighted by Crippen LogP contribution is 2.46. The molecule has 1 saturated heterocycles. The van der Waals surface area contributed by atoms with Gasteiger partial charge in [0.25, 0.3) is 0 Å². The third kappa shape index (κ3) is 7.98. The number of aromatic nitrogens is 1. The quantitative estimate of drug-likeness (QED) is 0.311. The standard InChI is InChI=1S/C39H46N4O6S/c1-24-15-16-29-31(18-24)40-30(26-12-8-6-9-13-26)20-34(29)48-28-19-33-35(45)42-39(25(2)44)21-27(39)14-10-7-11-17-50-23-32(36(46)43(33)22-28)41-37(47)49-38(3,4)5/h6,8-10,12-16,18,20,27-28,32-33H,7,11,17,19,21-23H2,1-5H3,(H,41,47)(H,42,45)/b14-10-/t27?,28-,32+,33+,39+/m1/s1. The first-order chi connectivity index (χ1) is 23.8. The molecule has 2 fully saturated rings. The number of benzene rings is 2. The number of hydrogen-bond acceptors (Lipinski definition) is 8. The van der Waals surface area contributed by atoms with Crippen molar-refractivity contribution in [3.8, 4) is 17.0 Å². The van der Waals surface area contributed by atoms with Gasteiger partial charge in [-0.3, -0.25) is 14.4 Å². The van der Waals surface area contributed by atoms with Crippen LogP contribution < -0.4 is 15.4 Å². The Balaban J connectivity index is 1.34. The maximum atomic E-state index is 14.4. The second-order valence-electron chi connectivity index (χ2n) is 14.5. The predicted molar refractivity (Wildman–Crippen MR) is 195 cm³/mol. The van der Waals surface area contributed by atoms with Gasteiger partial charge in [-0.2, -0.15) is 11.8 Å². The van der Waals surface area contributed by atoms with Crippen LogP contribution in [0.15, 0.2) is 66.7 Å². The molecule has 2 N–H and O–H groups in total. The summed E-state index contributed by atoms with van der Waals surface area (Å²) >= 11 is 1.57. The second-order valence-corrected chi connectivity index (χ2v) is 15.7. The molecule has 10 nitrogen and oxygen atoms in total. The zero-order valence-electron chi connectivity index (χ0n) is 29.4. The van der Waals surface area contributed by atoms with Crippen LogP contribution in [0.25, 0.3) is 22.2 Å². The Kier molecular flexibility index (Phi) is 10.3. The Morgan fingerprint density at radius 3 is 2.62 bits per heavy atom. The van der Waals surface area contributed by atoms with E-state index >= 15 is 0 Å². The molecule has 6 rings (SSSR count). The van der Waals surface area contributed by atoms with Crippen molar-refractivity contribution < 1.29 is 28.7 Å². The number of Topliss-reactive ketones (excluding diaryl/α,β-unsaturated/α-hetero) is 1. The summed E-state index contributed by atoms with van der Waals surface area (Å²) in [5.74, 6) is 0.677. The van der Waals surface area contributed by atoms with Gasteiger partial charge in [-0.15, -0.1) is 0 Å². The van der Waals surface area contributed by atoms with Crippen LogP contribution in [0.3, 0.4) is 0 Å². The van der Waals surface area contributed by atoms with Gasteiger partial charge >= 0.3 is 6.09 Å². The molecule has 3 amide bonds. The molecule has 11 heteroatoms. The maximum absolute atomic E-state index is 14.4. The Hall–Kier alpha value is -4.38. The van der Waals surface area contributed by atoms with Crippen LogP contribution in [-0.2, 0) is 19.1 Å². The van der Waals surface area contributed by atoms with Crippen molar-refractivity contribution in [3.05, 3.63) is 72.3 Å². The number of hydrogen-bond donors (Lipinski definition) is 2. The number of alkyl carbamates (subject to hydrolysis) is 1. The number of pyridine rings is 1. The fourth-order valence-electron chi connectivity index (χ4n) is 6.76. The average Bonchev–Trinajstić information content (AvgIpc) is 3.59. The maximum Gasteiger partial charge on any atom is 0.408 e. The minimum absolute atomic E-state index is 0.0936. The summed E-state index contributed by atoms with van der Waals surface area (Å²) in [6.07, 6.45) is 5.25. The van der Waals surface area contributed by atoms with Crippen LogP contribution in [0.4, 0.5) is 4.79 Å². The third-order valence-electron chi connectivity index (χ3n) is 9.43. The monoisotopic (exact) mass is 698 g/mol. The fraction of sp³-hybridized carbons (Fsp3) is 0.462. The van der Waals surface area contributed by atoms with Gasteiger partial charge in [-0.25, -0.2) is 9.78 Å². The van der Waals surface area contributed by atoms with E-state index in [0.29, 0.717) is 17.9 Å². The molecule has 2 aromatic carbocycles. The van der Waals surface area contributed by atoms with Gasteiger partial charge in [-0.05, 0) is 77.3 Å². The van der Waals surface area contributed by atoms with Gasteiger partial charge in [0.15, 0.2) is 5.78 Å². The SMILES string of the molecule is CC(=O)[C@@]12CC1/C=C\CCCSC[C@H](NC(=O)OC(C)(C)C)C(=O)N1C[C@H](Oc3cc(-c4ccccc4)nc4cc(C)ccc34)C[C@H]1C(=O)N2. The van der Waals surface area contributed by atoms with Crippen molar-refractivity contribution >= 4 is 46.4 Å². The smallest absolute Gasteiger partial charge is 0.408 e. The zero-order valence-corrected chi connectivity index (χ0v) is 30.2. The van der Waals surface area contributed by atoms with E-state index in [9.17, 15) is 19.2 Å². The lowest BCUT2D eigenvalue weighted by Crippen LogP contribution is -2.57. The molecule has 1 saturated carbocycles. The van der Waals surface area contributed by atoms with Crippen LogP contribution >= 0.6 is 11.8 Å². The number of thioether (sulfide) groups is 1. The molecular formula is C39H46N4O6S. The summed E-state index contributed by atoms with van der Waals surface area (Å²) in [4.78, 5) is 60.9. The van der Waals surface area contributed by atoms with Crippen LogP contribution in [0.1, 0.15) is 58.9 Å². The number of allylic oxidation sites excluding steroid dienone is 1. The van der Waals surface area contributed by atoms with E-state index < -0.39 is 47.2 Å². The van der Waals surface area contributed by atoms with E-state index in [1.165, 1.54) is 11.8 Å². The van der Waals surface area contributed by atoms with Crippen molar-refractivity contribution in [3.63, 3.8) is 0 Å². The van der Waals surface area contributed by atoms with Crippen molar-refractivity contribution in [2.24, 2.45) is 5.92 Å². The Bertz CT molecular complexity index is 1810. The fourth-order valence-corrected chi connectivity index (χ4v) is 7.76. The highest BCUT2D eigenvalue weighted by Gasteiger charge is 2.59. The van der Waals surface area contributed by atoms with Crippen LogP contribution in [0.2, 0.25) is 0 Å². The number of amides is 3. The zero-order chi connectivity index (χ0) is 35.6. The largest absolute Gasteiger partial charge is 0.488 e. The van der Waals surface area contributed by atoms with Gasteiger partial charge < -0.3 is 25.0 Å². The highest BCUT2D eigenvalue weighted by molar-refractivity contribution is 7.99. The third-order valence-corrected chi connectivity index (χ3v) is 10.6. The Morgan fingerprint density at radius 1 is 1.10 bits per heavy atom. The second kappa shape index (κ2) is 14.5. The molecule has 0 radical (unpaired) electrons. The average molecular weight is 699 g/mol. The number of aryl methyl sites for hydroxylation is 1. The number of ketones is 1. The highest BCUT2D eigenvalue weighted by atomic mass is 32.2. The molecule has 50 heavy (non-hydrogen) atoms. The van der Waals surface area contributed by atoms with E-state index in [0.717, 1.165) is 46.3 Å². The van der Waals surface area contributed by atoms with E-state index in [4.69, 9.17) is 14.5 Å². The molecule has 3 heterocycles. The molecule has 264 valence electrons. The molecule has 1 aromatic heterocycles. The minimum Gasteiger partial charge on any atom is -0.488 e. The minimum atomic E-state index is -0.992. The van der Waals surface area contributed by atoms with Crippen molar-refractivity contribution in [2.75, 3.05) is 18.1 Å². The number of carbonyl (C=O) groups is 4. The molecule has 1 unspecified atom stereocenters. The van der Waals surface area contributed by atoms with E-state index in [1.807, 2.05) is 67.6 Å². The molecular weight excluding hydrogens is 653 g/mol. The molecule has 1 aliphatic carbocycles. The van der Waals surface area contributed by atoms with Gasteiger partial charge in [0.1, 0.15) is 35.1 Å². The van der Waals surface area contributed by atoms with Crippen LogP contribution in [0.5, 0.6) is 5.75 Å². The summed E-state index contributed by atoms with van der Waals surface area (Å²) in [6, 6.07) is 15.9. The van der Waals surface area contributed by atoms with Crippen molar-refractivity contribution in [2.45, 2.75) is 89.6 Å².